The van der Waals surface area contributed by atoms with Crippen molar-refractivity contribution in [3.63, 3.8) is 0 Å². The fourth-order valence-electron chi connectivity index (χ4n) is 2.38. The van der Waals surface area contributed by atoms with Crippen LogP contribution in [0.25, 0.3) is 0 Å². The second-order valence-electron chi connectivity index (χ2n) is 6.16. The van der Waals surface area contributed by atoms with Crippen LogP contribution < -0.4 is 16.4 Å². The molecule has 1 unspecified atom stereocenters. The predicted octanol–water partition coefficient (Wildman–Crippen LogP) is 3.37. The van der Waals surface area contributed by atoms with Crippen LogP contribution in [0.1, 0.15) is 42.6 Å². The lowest BCUT2D eigenvalue weighted by atomic mass is 10.1. The Morgan fingerprint density at radius 1 is 1.12 bits per heavy atom. The summed E-state index contributed by atoms with van der Waals surface area (Å²) in [5.74, 6) is -0.230. The van der Waals surface area contributed by atoms with Gasteiger partial charge in [0.25, 0.3) is 5.91 Å². The Balaban J connectivity index is 1.92. The van der Waals surface area contributed by atoms with Crippen molar-refractivity contribution >= 4 is 23.2 Å². The van der Waals surface area contributed by atoms with Gasteiger partial charge in [-0.25, -0.2) is 0 Å². The molecule has 0 aliphatic heterocycles. The molecule has 132 valence electrons. The molecular formula is C20H25N3O2. The number of benzene rings is 2. The molecule has 0 aliphatic carbocycles. The third-order valence-electron chi connectivity index (χ3n) is 3.99. The van der Waals surface area contributed by atoms with Gasteiger partial charge in [-0.05, 0) is 55.7 Å². The van der Waals surface area contributed by atoms with E-state index in [9.17, 15) is 9.59 Å². The van der Waals surface area contributed by atoms with Crippen LogP contribution in [0.3, 0.4) is 0 Å². The van der Waals surface area contributed by atoms with Crippen molar-refractivity contribution in [1.29, 1.82) is 0 Å². The van der Waals surface area contributed by atoms with E-state index in [2.05, 4.69) is 10.6 Å². The van der Waals surface area contributed by atoms with Gasteiger partial charge < -0.3 is 16.4 Å². The third-order valence-corrected chi connectivity index (χ3v) is 3.99. The zero-order valence-corrected chi connectivity index (χ0v) is 14.7. The van der Waals surface area contributed by atoms with Crippen LogP contribution in [0, 0.1) is 0 Å². The van der Waals surface area contributed by atoms with Crippen molar-refractivity contribution < 1.29 is 9.59 Å². The largest absolute Gasteiger partial charge is 0.399 e. The summed E-state index contributed by atoms with van der Waals surface area (Å²) >= 11 is 0. The summed E-state index contributed by atoms with van der Waals surface area (Å²) in [6.45, 7) is 3.97. The summed E-state index contributed by atoms with van der Waals surface area (Å²) in [4.78, 5) is 24.3. The maximum absolute atomic E-state index is 12.2. The highest BCUT2D eigenvalue weighted by Gasteiger charge is 2.10. The van der Waals surface area contributed by atoms with Crippen molar-refractivity contribution in [3.05, 3.63) is 59.7 Å². The van der Waals surface area contributed by atoms with Crippen LogP contribution in [-0.2, 0) is 11.2 Å². The average molecular weight is 339 g/mol. The lowest BCUT2D eigenvalue weighted by Gasteiger charge is -2.12. The number of nitrogen functional groups attached to an aromatic ring is 1. The summed E-state index contributed by atoms with van der Waals surface area (Å²) in [6, 6.07) is 14.6. The molecule has 0 spiro atoms. The first-order valence-corrected chi connectivity index (χ1v) is 8.53. The molecule has 4 N–H and O–H groups in total. The van der Waals surface area contributed by atoms with Gasteiger partial charge in [0, 0.05) is 29.4 Å². The van der Waals surface area contributed by atoms with E-state index in [1.54, 1.807) is 24.3 Å². The fourth-order valence-corrected chi connectivity index (χ4v) is 2.38. The van der Waals surface area contributed by atoms with E-state index in [-0.39, 0.29) is 17.9 Å². The Morgan fingerprint density at radius 3 is 2.60 bits per heavy atom. The van der Waals surface area contributed by atoms with Crippen LogP contribution in [0.5, 0.6) is 0 Å². The minimum Gasteiger partial charge on any atom is -0.399 e. The van der Waals surface area contributed by atoms with Crippen LogP contribution in [-0.4, -0.2) is 17.9 Å². The molecule has 1 atom stereocenters. The highest BCUT2D eigenvalue weighted by molar-refractivity contribution is 5.97. The minimum absolute atomic E-state index is 0.0955. The molecule has 2 aromatic rings. The van der Waals surface area contributed by atoms with Crippen LogP contribution in [0.15, 0.2) is 48.5 Å². The molecule has 0 saturated carbocycles. The smallest absolute Gasteiger partial charge is 0.251 e. The van der Waals surface area contributed by atoms with Crippen molar-refractivity contribution in [2.45, 2.75) is 39.2 Å². The predicted molar refractivity (Wildman–Crippen MR) is 101 cm³/mol. The van der Waals surface area contributed by atoms with Gasteiger partial charge in [0.2, 0.25) is 5.91 Å². The summed E-state index contributed by atoms with van der Waals surface area (Å²) in [6.07, 6.45) is 1.84. The molecule has 2 rings (SSSR count). The monoisotopic (exact) mass is 339 g/mol. The average Bonchev–Trinajstić information content (AvgIpc) is 2.60. The standard InChI is InChI=1S/C20H25N3O2/c1-3-14(2)22-20(25)16-7-5-9-18(13-16)23-19(24)11-10-15-6-4-8-17(21)12-15/h4-9,12-14H,3,10-11,21H2,1-2H3,(H,22,25)(H,23,24). The van der Waals surface area contributed by atoms with Crippen molar-refractivity contribution in [2.24, 2.45) is 0 Å². The molecule has 0 saturated heterocycles. The molecule has 0 bridgehead atoms. The number of amides is 2. The molecule has 0 heterocycles. The first-order valence-electron chi connectivity index (χ1n) is 8.53. The number of rotatable bonds is 7. The molecule has 2 amide bonds. The molecule has 0 aliphatic rings. The van der Waals surface area contributed by atoms with Gasteiger partial charge in [0.15, 0.2) is 0 Å². The highest BCUT2D eigenvalue weighted by Crippen LogP contribution is 2.13. The second kappa shape index (κ2) is 8.87. The summed E-state index contributed by atoms with van der Waals surface area (Å²) in [7, 11) is 0. The van der Waals surface area contributed by atoms with Crippen molar-refractivity contribution in [3.8, 4) is 0 Å². The Labute approximate surface area is 148 Å². The minimum atomic E-state index is -0.134. The Kier molecular flexibility index (Phi) is 6.57. The highest BCUT2D eigenvalue weighted by atomic mass is 16.2. The van der Waals surface area contributed by atoms with Gasteiger partial charge >= 0.3 is 0 Å². The SMILES string of the molecule is CCC(C)NC(=O)c1cccc(NC(=O)CCc2cccc(N)c2)c1. The van der Waals surface area contributed by atoms with Crippen molar-refractivity contribution in [1.82, 2.24) is 5.32 Å². The molecule has 0 fully saturated rings. The van der Waals surface area contributed by atoms with Gasteiger partial charge in [-0.1, -0.05) is 25.1 Å². The first-order chi connectivity index (χ1) is 12.0. The van der Waals surface area contributed by atoms with Gasteiger partial charge in [-0.15, -0.1) is 0 Å². The van der Waals surface area contributed by atoms with E-state index in [0.717, 1.165) is 12.0 Å². The van der Waals surface area contributed by atoms with E-state index in [4.69, 9.17) is 5.73 Å². The number of anilines is 2. The van der Waals surface area contributed by atoms with Gasteiger partial charge in [-0.3, -0.25) is 9.59 Å². The van der Waals surface area contributed by atoms with Gasteiger partial charge in [0.05, 0.1) is 0 Å². The Morgan fingerprint density at radius 2 is 1.88 bits per heavy atom. The van der Waals surface area contributed by atoms with Crippen molar-refractivity contribution in [2.75, 3.05) is 11.1 Å². The summed E-state index contributed by atoms with van der Waals surface area (Å²) in [5, 5.41) is 5.75. The van der Waals surface area contributed by atoms with Gasteiger partial charge in [0.1, 0.15) is 0 Å². The van der Waals surface area contributed by atoms with E-state index in [0.29, 0.717) is 29.8 Å². The molecule has 0 aromatic heterocycles. The number of carbonyl (C=O) groups is 2. The number of nitrogens with one attached hydrogen (secondary N) is 2. The Bertz CT molecular complexity index is 743. The maximum Gasteiger partial charge on any atom is 0.251 e. The molecular weight excluding hydrogens is 314 g/mol. The van der Waals surface area contributed by atoms with E-state index in [1.807, 2.05) is 38.1 Å². The van der Waals surface area contributed by atoms with Crippen LogP contribution in [0.2, 0.25) is 0 Å². The maximum atomic E-state index is 12.2. The summed E-state index contributed by atoms with van der Waals surface area (Å²) in [5.41, 5.74) is 8.61. The molecule has 5 heteroatoms. The number of hydrogen-bond donors (Lipinski definition) is 3. The van der Waals surface area contributed by atoms with Gasteiger partial charge in [-0.2, -0.15) is 0 Å². The molecule has 2 aromatic carbocycles. The number of hydrogen-bond acceptors (Lipinski definition) is 3. The fraction of sp³-hybridized carbons (Fsp3) is 0.300. The normalized spacial score (nSPS) is 11.6. The van der Waals surface area contributed by atoms with E-state index >= 15 is 0 Å². The number of aryl methyl sites for hydroxylation is 1. The number of nitrogens with two attached hydrogens (primary N) is 1. The quantitative estimate of drug-likeness (QED) is 0.676. The lowest BCUT2D eigenvalue weighted by Crippen LogP contribution is -2.31. The summed E-state index contributed by atoms with van der Waals surface area (Å²) < 4.78 is 0. The lowest BCUT2D eigenvalue weighted by molar-refractivity contribution is -0.116. The number of carbonyl (C=O) groups excluding carboxylic acids is 2. The van der Waals surface area contributed by atoms with Crippen LogP contribution >= 0.6 is 0 Å². The third kappa shape index (κ3) is 5.95. The van der Waals surface area contributed by atoms with E-state index in [1.165, 1.54) is 0 Å². The van der Waals surface area contributed by atoms with E-state index < -0.39 is 0 Å². The molecule has 0 radical (unpaired) electrons. The second-order valence-corrected chi connectivity index (χ2v) is 6.16. The zero-order valence-electron chi connectivity index (χ0n) is 14.7. The topological polar surface area (TPSA) is 84.2 Å². The first kappa shape index (κ1) is 18.5. The zero-order chi connectivity index (χ0) is 18.2. The van der Waals surface area contributed by atoms with Crippen LogP contribution in [0.4, 0.5) is 11.4 Å². The molecule has 5 nitrogen and oxygen atoms in total. The Hall–Kier alpha value is -2.82. The molecule has 25 heavy (non-hydrogen) atoms.